The fourth-order valence-corrected chi connectivity index (χ4v) is 1.53. The van der Waals surface area contributed by atoms with Gasteiger partial charge in [-0.15, -0.1) is 0 Å². The van der Waals surface area contributed by atoms with Crippen molar-refractivity contribution in [2.75, 3.05) is 12.0 Å². The van der Waals surface area contributed by atoms with Gasteiger partial charge in [-0.1, -0.05) is 22.9 Å². The molecule has 0 bridgehead atoms. The SMILES string of the molecule is CCC(Br)C(=O)NC(C)CSC. The highest BCUT2D eigenvalue weighted by Crippen LogP contribution is 2.05. The molecule has 0 rings (SSSR count). The third-order valence-electron chi connectivity index (χ3n) is 1.45. The summed E-state index contributed by atoms with van der Waals surface area (Å²) in [5.74, 6) is 1.06. The molecule has 0 saturated heterocycles. The predicted octanol–water partition coefficient (Wildman–Crippen LogP) is 2.03. The van der Waals surface area contributed by atoms with Crippen LogP contribution in [0.1, 0.15) is 20.3 Å². The van der Waals surface area contributed by atoms with Gasteiger partial charge in [0.25, 0.3) is 0 Å². The smallest absolute Gasteiger partial charge is 0.234 e. The van der Waals surface area contributed by atoms with Crippen LogP contribution in [-0.2, 0) is 4.79 Å². The molecule has 0 spiro atoms. The molecule has 2 unspecified atom stereocenters. The van der Waals surface area contributed by atoms with Crippen LogP contribution in [0.2, 0.25) is 0 Å². The zero-order valence-electron chi connectivity index (χ0n) is 7.76. The summed E-state index contributed by atoms with van der Waals surface area (Å²) < 4.78 is 0. The van der Waals surface area contributed by atoms with Gasteiger partial charge in [-0.3, -0.25) is 4.79 Å². The number of amides is 1. The zero-order valence-corrected chi connectivity index (χ0v) is 10.2. The van der Waals surface area contributed by atoms with E-state index in [9.17, 15) is 4.79 Å². The number of rotatable bonds is 5. The van der Waals surface area contributed by atoms with E-state index in [0.29, 0.717) is 0 Å². The molecule has 2 nitrogen and oxygen atoms in total. The lowest BCUT2D eigenvalue weighted by Gasteiger charge is -2.14. The van der Waals surface area contributed by atoms with Crippen LogP contribution in [-0.4, -0.2) is 28.8 Å². The van der Waals surface area contributed by atoms with E-state index in [1.54, 1.807) is 11.8 Å². The molecule has 0 aliphatic carbocycles. The number of carbonyl (C=O) groups is 1. The van der Waals surface area contributed by atoms with Crippen LogP contribution in [0.5, 0.6) is 0 Å². The van der Waals surface area contributed by atoms with Crippen molar-refractivity contribution in [3.05, 3.63) is 0 Å². The summed E-state index contributed by atoms with van der Waals surface area (Å²) in [6, 6.07) is 0.263. The Bertz CT molecular complexity index is 143. The number of carbonyl (C=O) groups excluding carboxylic acids is 1. The van der Waals surface area contributed by atoms with Crippen LogP contribution < -0.4 is 5.32 Å². The molecule has 1 amide bonds. The first-order valence-corrected chi connectivity index (χ1v) is 6.36. The van der Waals surface area contributed by atoms with Gasteiger partial charge in [0.2, 0.25) is 5.91 Å². The van der Waals surface area contributed by atoms with Crippen molar-refractivity contribution in [2.45, 2.75) is 31.1 Å². The molecule has 2 atom stereocenters. The van der Waals surface area contributed by atoms with Gasteiger partial charge in [0, 0.05) is 11.8 Å². The second-order valence-corrected chi connectivity index (χ2v) is 4.76. The Balaban J connectivity index is 3.67. The summed E-state index contributed by atoms with van der Waals surface area (Å²) in [6.07, 6.45) is 2.87. The van der Waals surface area contributed by atoms with E-state index in [4.69, 9.17) is 0 Å². The summed E-state index contributed by atoms with van der Waals surface area (Å²) in [5.41, 5.74) is 0. The van der Waals surface area contributed by atoms with Crippen LogP contribution in [0.4, 0.5) is 0 Å². The summed E-state index contributed by atoms with van der Waals surface area (Å²) in [4.78, 5) is 11.3. The van der Waals surface area contributed by atoms with Crippen molar-refractivity contribution < 1.29 is 4.79 Å². The third kappa shape index (κ3) is 5.04. The maximum Gasteiger partial charge on any atom is 0.234 e. The largest absolute Gasteiger partial charge is 0.352 e. The first-order valence-electron chi connectivity index (χ1n) is 4.05. The Kier molecular flexibility index (Phi) is 6.95. The van der Waals surface area contributed by atoms with Gasteiger partial charge in [-0.25, -0.2) is 0 Å². The van der Waals surface area contributed by atoms with Crippen LogP contribution >= 0.6 is 27.7 Å². The van der Waals surface area contributed by atoms with Gasteiger partial charge in [-0.05, 0) is 19.6 Å². The molecule has 0 radical (unpaired) electrons. The Labute approximate surface area is 87.0 Å². The Morgan fingerprint density at radius 3 is 2.67 bits per heavy atom. The van der Waals surface area contributed by atoms with Crippen LogP contribution in [0.3, 0.4) is 0 Å². The maximum absolute atomic E-state index is 11.3. The maximum atomic E-state index is 11.3. The first kappa shape index (κ1) is 12.3. The number of halogens is 1. The predicted molar refractivity (Wildman–Crippen MR) is 59.0 cm³/mol. The molecule has 0 saturated carbocycles. The molecule has 72 valence electrons. The molecule has 0 aromatic carbocycles. The van der Waals surface area contributed by atoms with Crippen LogP contribution in [0.15, 0.2) is 0 Å². The lowest BCUT2D eigenvalue weighted by Crippen LogP contribution is -2.38. The van der Waals surface area contributed by atoms with Gasteiger partial charge in [0.05, 0.1) is 4.83 Å². The van der Waals surface area contributed by atoms with E-state index in [-0.39, 0.29) is 16.8 Å². The summed E-state index contributed by atoms with van der Waals surface area (Å²) in [7, 11) is 0. The number of hydrogen-bond donors (Lipinski definition) is 1. The fourth-order valence-electron chi connectivity index (χ4n) is 0.810. The van der Waals surface area contributed by atoms with Gasteiger partial charge >= 0.3 is 0 Å². The Morgan fingerprint density at radius 2 is 2.25 bits per heavy atom. The number of alkyl halides is 1. The van der Waals surface area contributed by atoms with Crippen molar-refractivity contribution in [3.8, 4) is 0 Å². The molecule has 0 aliphatic heterocycles. The monoisotopic (exact) mass is 253 g/mol. The molecule has 1 N–H and O–H groups in total. The molecular weight excluding hydrogens is 238 g/mol. The van der Waals surface area contributed by atoms with Gasteiger partial charge in [-0.2, -0.15) is 11.8 Å². The van der Waals surface area contributed by atoms with E-state index in [0.717, 1.165) is 12.2 Å². The number of thioether (sulfide) groups is 1. The van der Waals surface area contributed by atoms with Gasteiger partial charge in [0.15, 0.2) is 0 Å². The van der Waals surface area contributed by atoms with Crippen molar-refractivity contribution >= 4 is 33.6 Å². The highest BCUT2D eigenvalue weighted by Gasteiger charge is 2.13. The van der Waals surface area contributed by atoms with Gasteiger partial charge in [0.1, 0.15) is 0 Å². The number of nitrogens with one attached hydrogen (secondary N) is 1. The van der Waals surface area contributed by atoms with Crippen molar-refractivity contribution in [3.63, 3.8) is 0 Å². The Morgan fingerprint density at radius 1 is 1.67 bits per heavy atom. The molecule has 4 heteroatoms. The third-order valence-corrected chi connectivity index (χ3v) is 3.34. The number of hydrogen-bond acceptors (Lipinski definition) is 2. The van der Waals surface area contributed by atoms with Crippen LogP contribution in [0, 0.1) is 0 Å². The van der Waals surface area contributed by atoms with E-state index in [2.05, 4.69) is 21.2 Å². The topological polar surface area (TPSA) is 29.1 Å². The van der Waals surface area contributed by atoms with Crippen molar-refractivity contribution in [1.82, 2.24) is 5.32 Å². The standard InChI is InChI=1S/C8H16BrNOS/c1-4-7(9)8(11)10-6(2)5-12-3/h6-7H,4-5H2,1-3H3,(H,10,11). The molecule has 12 heavy (non-hydrogen) atoms. The molecule has 0 aromatic rings. The normalized spacial score (nSPS) is 15.3. The highest BCUT2D eigenvalue weighted by atomic mass is 79.9. The average molecular weight is 254 g/mol. The molecule has 0 aliphatic rings. The van der Waals surface area contributed by atoms with Crippen LogP contribution in [0.25, 0.3) is 0 Å². The zero-order chi connectivity index (χ0) is 9.56. The van der Waals surface area contributed by atoms with E-state index in [1.165, 1.54) is 0 Å². The van der Waals surface area contributed by atoms with Crippen molar-refractivity contribution in [2.24, 2.45) is 0 Å². The van der Waals surface area contributed by atoms with E-state index < -0.39 is 0 Å². The van der Waals surface area contributed by atoms with E-state index in [1.807, 2.05) is 20.1 Å². The lowest BCUT2D eigenvalue weighted by molar-refractivity contribution is -0.120. The summed E-state index contributed by atoms with van der Waals surface area (Å²) >= 11 is 5.04. The fraction of sp³-hybridized carbons (Fsp3) is 0.875. The first-order chi connectivity index (χ1) is 5.61. The Hall–Kier alpha value is 0.300. The average Bonchev–Trinajstić information content (AvgIpc) is 2.03. The summed E-state index contributed by atoms with van der Waals surface area (Å²) in [6.45, 7) is 4.00. The second-order valence-electron chi connectivity index (χ2n) is 2.74. The molecule has 0 heterocycles. The molecular formula is C8H16BrNOS. The van der Waals surface area contributed by atoms with Gasteiger partial charge < -0.3 is 5.32 Å². The van der Waals surface area contributed by atoms with Crippen molar-refractivity contribution in [1.29, 1.82) is 0 Å². The summed E-state index contributed by atoms with van der Waals surface area (Å²) in [5, 5.41) is 2.92. The minimum Gasteiger partial charge on any atom is -0.352 e. The highest BCUT2D eigenvalue weighted by molar-refractivity contribution is 9.10. The molecule has 0 aromatic heterocycles. The minimum absolute atomic E-state index is 0.0400. The van der Waals surface area contributed by atoms with E-state index >= 15 is 0 Å². The second kappa shape index (κ2) is 6.78. The molecule has 0 fully saturated rings. The minimum atomic E-state index is -0.0400. The quantitative estimate of drug-likeness (QED) is 0.760. The lowest BCUT2D eigenvalue weighted by atomic mass is 10.3.